The Bertz CT molecular complexity index is 1210. The van der Waals surface area contributed by atoms with Gasteiger partial charge in [-0.15, -0.1) is 0 Å². The molecule has 1 unspecified atom stereocenters. The zero-order valence-electron chi connectivity index (χ0n) is 18.5. The first-order chi connectivity index (χ1) is 16.0. The van der Waals surface area contributed by atoms with Crippen LogP contribution in [-0.4, -0.2) is 43.0 Å². The third-order valence-electron chi connectivity index (χ3n) is 5.61. The molecule has 2 aliphatic rings. The van der Waals surface area contributed by atoms with E-state index in [1.54, 1.807) is 44.1 Å². The summed E-state index contributed by atoms with van der Waals surface area (Å²) in [6.07, 6.45) is -5.03. The fourth-order valence-corrected chi connectivity index (χ4v) is 4.49. The minimum absolute atomic E-state index is 0.00164. The molecule has 7 nitrogen and oxygen atoms in total. The SMILES string of the molecule is COCC1COc2cc(N3C(=S)N(c4ccc(C#N)c(C(F)(F)F)c4)C(=O)C3(C)C)ccc2O1. The van der Waals surface area contributed by atoms with Crippen molar-refractivity contribution in [3.63, 3.8) is 0 Å². The number of fused-ring (bicyclic) bond motifs is 1. The molecular formula is C23H20F3N3O4S. The monoisotopic (exact) mass is 491 g/mol. The van der Waals surface area contributed by atoms with Gasteiger partial charge < -0.3 is 19.1 Å². The summed E-state index contributed by atoms with van der Waals surface area (Å²) in [6.45, 7) is 3.88. The van der Waals surface area contributed by atoms with Gasteiger partial charge >= 0.3 is 6.18 Å². The molecule has 2 aromatic carbocycles. The van der Waals surface area contributed by atoms with E-state index in [2.05, 4.69) is 0 Å². The summed E-state index contributed by atoms with van der Waals surface area (Å²) in [5.41, 5.74) is -2.43. The minimum Gasteiger partial charge on any atom is -0.486 e. The Kier molecular flexibility index (Phi) is 5.91. The predicted molar refractivity (Wildman–Crippen MR) is 121 cm³/mol. The van der Waals surface area contributed by atoms with Gasteiger partial charge in [0.05, 0.1) is 29.5 Å². The normalized spacial score (nSPS) is 19.4. The van der Waals surface area contributed by atoms with E-state index in [-0.39, 0.29) is 23.5 Å². The lowest BCUT2D eigenvalue weighted by atomic mass is 10.0. The number of methoxy groups -OCH3 is 1. The van der Waals surface area contributed by atoms with Gasteiger partial charge in [-0.25, -0.2) is 0 Å². The van der Waals surface area contributed by atoms with Gasteiger partial charge in [-0.1, -0.05) is 0 Å². The van der Waals surface area contributed by atoms with Crippen LogP contribution in [0.25, 0.3) is 0 Å². The molecule has 2 aliphatic heterocycles. The average Bonchev–Trinajstić information content (AvgIpc) is 2.96. The van der Waals surface area contributed by atoms with Crippen LogP contribution in [0.4, 0.5) is 24.5 Å². The number of thiocarbonyl (C=S) groups is 1. The van der Waals surface area contributed by atoms with Crippen LogP contribution >= 0.6 is 12.2 Å². The number of ether oxygens (including phenoxy) is 3. The van der Waals surface area contributed by atoms with E-state index in [0.29, 0.717) is 23.8 Å². The number of hydrogen-bond acceptors (Lipinski definition) is 6. The average molecular weight is 491 g/mol. The number of hydrogen-bond donors (Lipinski definition) is 0. The largest absolute Gasteiger partial charge is 0.486 e. The second-order valence-electron chi connectivity index (χ2n) is 8.29. The highest BCUT2D eigenvalue weighted by atomic mass is 32.1. The summed E-state index contributed by atoms with van der Waals surface area (Å²) >= 11 is 5.55. The Labute approximate surface area is 199 Å². The van der Waals surface area contributed by atoms with Crippen LogP contribution in [0, 0.1) is 11.3 Å². The molecule has 0 N–H and O–H groups in total. The first-order valence-corrected chi connectivity index (χ1v) is 10.6. The number of nitriles is 1. The number of carbonyl (C=O) groups is 1. The topological polar surface area (TPSA) is 75.0 Å². The molecule has 0 spiro atoms. The minimum atomic E-state index is -4.77. The number of amides is 1. The number of benzene rings is 2. The lowest BCUT2D eigenvalue weighted by Crippen LogP contribution is -2.44. The van der Waals surface area contributed by atoms with Crippen molar-refractivity contribution in [2.24, 2.45) is 0 Å². The highest BCUT2D eigenvalue weighted by Crippen LogP contribution is 2.42. The van der Waals surface area contributed by atoms with Crippen molar-refractivity contribution in [3.8, 4) is 17.6 Å². The number of rotatable bonds is 4. The highest BCUT2D eigenvalue weighted by molar-refractivity contribution is 7.81. The van der Waals surface area contributed by atoms with Gasteiger partial charge in [0.2, 0.25) is 0 Å². The van der Waals surface area contributed by atoms with Gasteiger partial charge in [-0.2, -0.15) is 18.4 Å². The molecule has 0 bridgehead atoms. The number of anilines is 2. The first-order valence-electron chi connectivity index (χ1n) is 10.2. The second kappa shape index (κ2) is 8.45. The van der Waals surface area contributed by atoms with Gasteiger partial charge in [0.25, 0.3) is 5.91 Å². The Morgan fingerprint density at radius 1 is 1.21 bits per heavy atom. The lowest BCUT2D eigenvalue weighted by Gasteiger charge is -2.31. The zero-order chi connectivity index (χ0) is 24.8. The Balaban J connectivity index is 1.71. The molecule has 1 fully saturated rings. The fraction of sp³-hybridized carbons (Fsp3) is 0.348. The molecule has 178 valence electrons. The summed E-state index contributed by atoms with van der Waals surface area (Å²) in [5.74, 6) is 0.447. The molecule has 34 heavy (non-hydrogen) atoms. The second-order valence-corrected chi connectivity index (χ2v) is 8.66. The number of nitrogens with zero attached hydrogens (tertiary/aromatic N) is 3. The standard InChI is InChI=1S/C23H20F3N3O4S/c1-22(2)20(30)28(14-5-4-13(10-27)17(8-14)23(24,25)26)21(34)29(22)15-6-7-18-19(9-15)32-12-16(33-18)11-31-3/h4-9,16H,11-12H2,1-3H3. The summed E-state index contributed by atoms with van der Waals surface area (Å²) in [4.78, 5) is 15.9. The number of alkyl halides is 3. The Hall–Kier alpha value is -3.36. The summed E-state index contributed by atoms with van der Waals surface area (Å²) < 4.78 is 57.2. The van der Waals surface area contributed by atoms with E-state index in [4.69, 9.17) is 31.7 Å². The molecule has 0 aromatic heterocycles. The third kappa shape index (κ3) is 3.93. The van der Waals surface area contributed by atoms with E-state index in [1.807, 2.05) is 0 Å². The molecule has 0 aliphatic carbocycles. The van der Waals surface area contributed by atoms with Gasteiger partial charge in [0, 0.05) is 18.9 Å². The maximum absolute atomic E-state index is 13.5. The van der Waals surface area contributed by atoms with Crippen molar-refractivity contribution in [2.75, 3.05) is 30.1 Å². The maximum atomic E-state index is 13.5. The Morgan fingerprint density at radius 2 is 1.91 bits per heavy atom. The molecule has 1 atom stereocenters. The predicted octanol–water partition coefficient (Wildman–Crippen LogP) is 4.28. The van der Waals surface area contributed by atoms with Crippen LogP contribution < -0.4 is 19.3 Å². The van der Waals surface area contributed by atoms with Crippen LogP contribution in [0.1, 0.15) is 25.0 Å². The van der Waals surface area contributed by atoms with E-state index < -0.39 is 28.7 Å². The van der Waals surface area contributed by atoms with Gasteiger partial charge in [-0.05, 0) is 56.4 Å². The van der Waals surface area contributed by atoms with Crippen LogP contribution in [0.3, 0.4) is 0 Å². The lowest BCUT2D eigenvalue weighted by molar-refractivity contribution is -0.137. The maximum Gasteiger partial charge on any atom is 0.417 e. The van der Waals surface area contributed by atoms with Crippen molar-refractivity contribution in [3.05, 3.63) is 47.5 Å². The van der Waals surface area contributed by atoms with E-state index in [1.165, 1.54) is 12.1 Å². The van der Waals surface area contributed by atoms with Crippen molar-refractivity contribution in [1.29, 1.82) is 5.26 Å². The van der Waals surface area contributed by atoms with E-state index >= 15 is 0 Å². The van der Waals surface area contributed by atoms with Crippen molar-refractivity contribution >= 4 is 34.6 Å². The summed E-state index contributed by atoms with van der Waals surface area (Å²) in [5, 5.41) is 9.07. The molecule has 1 amide bonds. The molecule has 11 heteroatoms. The van der Waals surface area contributed by atoms with Crippen molar-refractivity contribution in [1.82, 2.24) is 0 Å². The summed E-state index contributed by atoms with van der Waals surface area (Å²) in [6, 6.07) is 9.65. The molecule has 0 radical (unpaired) electrons. The van der Waals surface area contributed by atoms with Crippen LogP contribution in [-0.2, 0) is 15.7 Å². The highest BCUT2D eigenvalue weighted by Gasteiger charge is 2.51. The van der Waals surface area contributed by atoms with Gasteiger partial charge in [0.1, 0.15) is 12.1 Å². The number of halogens is 3. The van der Waals surface area contributed by atoms with Gasteiger partial charge in [0.15, 0.2) is 22.7 Å². The quantitative estimate of drug-likeness (QED) is 0.591. The van der Waals surface area contributed by atoms with Crippen LogP contribution in [0.15, 0.2) is 36.4 Å². The zero-order valence-corrected chi connectivity index (χ0v) is 19.3. The smallest absolute Gasteiger partial charge is 0.417 e. The van der Waals surface area contributed by atoms with E-state index in [0.717, 1.165) is 17.0 Å². The summed E-state index contributed by atoms with van der Waals surface area (Å²) in [7, 11) is 1.56. The van der Waals surface area contributed by atoms with Crippen molar-refractivity contribution in [2.45, 2.75) is 31.7 Å². The van der Waals surface area contributed by atoms with E-state index in [9.17, 15) is 18.0 Å². The van der Waals surface area contributed by atoms with Crippen LogP contribution in [0.2, 0.25) is 0 Å². The molecule has 4 rings (SSSR count). The molecular weight excluding hydrogens is 471 g/mol. The Morgan fingerprint density at radius 3 is 2.56 bits per heavy atom. The van der Waals surface area contributed by atoms with Crippen molar-refractivity contribution < 1.29 is 32.2 Å². The molecule has 0 saturated carbocycles. The molecule has 2 aromatic rings. The van der Waals surface area contributed by atoms with Crippen LogP contribution in [0.5, 0.6) is 11.5 Å². The molecule has 2 heterocycles. The first kappa shape index (κ1) is 23.8. The third-order valence-corrected chi connectivity index (χ3v) is 5.98. The fourth-order valence-electron chi connectivity index (χ4n) is 3.97. The number of carbonyl (C=O) groups excluding carboxylic acids is 1. The molecule has 1 saturated heterocycles. The van der Waals surface area contributed by atoms with Gasteiger partial charge in [-0.3, -0.25) is 9.69 Å².